The minimum atomic E-state index is -1.29. The van der Waals surface area contributed by atoms with Crippen molar-refractivity contribution < 1.29 is 24.6 Å². The second kappa shape index (κ2) is 8.83. The highest BCUT2D eigenvalue weighted by molar-refractivity contribution is 6.08. The van der Waals surface area contributed by atoms with E-state index < -0.39 is 18.4 Å². The number of carbonyl (C=O) groups excluding carboxylic acids is 1. The highest BCUT2D eigenvalue weighted by Crippen LogP contribution is 2.34. The van der Waals surface area contributed by atoms with E-state index in [0.717, 1.165) is 42.9 Å². The zero-order valence-corrected chi connectivity index (χ0v) is 15.7. The summed E-state index contributed by atoms with van der Waals surface area (Å²) in [6, 6.07) is 13.0. The second-order valence-corrected chi connectivity index (χ2v) is 7.34. The zero-order valence-electron chi connectivity index (χ0n) is 15.7. The lowest BCUT2D eigenvalue weighted by atomic mass is 9.81. The van der Waals surface area contributed by atoms with E-state index in [9.17, 15) is 24.6 Å². The Balaban J connectivity index is 2.11. The normalized spacial score (nSPS) is 15.9. The smallest absolute Gasteiger partial charge is 0.332 e. The van der Waals surface area contributed by atoms with Gasteiger partial charge < -0.3 is 10.2 Å². The summed E-state index contributed by atoms with van der Waals surface area (Å²) < 4.78 is 0. The molecule has 2 aromatic rings. The molecule has 0 spiro atoms. The first-order chi connectivity index (χ1) is 13.5. The van der Waals surface area contributed by atoms with Crippen molar-refractivity contribution in [3.63, 3.8) is 0 Å². The van der Waals surface area contributed by atoms with Crippen LogP contribution in [0.1, 0.15) is 50.5 Å². The van der Waals surface area contributed by atoms with Crippen molar-refractivity contribution in [1.29, 1.82) is 0 Å². The maximum atomic E-state index is 13.0. The summed E-state index contributed by atoms with van der Waals surface area (Å²) in [5.74, 6) is -2.58. The maximum absolute atomic E-state index is 13.0. The van der Waals surface area contributed by atoms with Gasteiger partial charge >= 0.3 is 11.9 Å². The summed E-state index contributed by atoms with van der Waals surface area (Å²) in [6.45, 7) is 0. The Morgan fingerprint density at radius 2 is 1.54 bits per heavy atom. The fraction of sp³-hybridized carbons (Fsp3) is 0.348. The third-order valence-electron chi connectivity index (χ3n) is 5.48. The van der Waals surface area contributed by atoms with Crippen LogP contribution in [0.15, 0.2) is 48.0 Å². The minimum absolute atomic E-state index is 0.00627. The summed E-state index contributed by atoms with van der Waals surface area (Å²) >= 11 is 0. The van der Waals surface area contributed by atoms with Gasteiger partial charge in [0.15, 0.2) is 0 Å². The number of rotatable bonds is 7. The van der Waals surface area contributed by atoms with Gasteiger partial charge in [0.05, 0.1) is 12.0 Å². The van der Waals surface area contributed by atoms with Crippen molar-refractivity contribution in [3.8, 4) is 0 Å². The summed E-state index contributed by atoms with van der Waals surface area (Å²) in [6.07, 6.45) is 4.11. The number of carboxylic acid groups (broad SMARTS) is 2. The van der Waals surface area contributed by atoms with Crippen molar-refractivity contribution in [2.45, 2.75) is 44.9 Å². The van der Waals surface area contributed by atoms with E-state index in [1.165, 1.54) is 0 Å². The van der Waals surface area contributed by atoms with Crippen molar-refractivity contribution >= 4 is 34.1 Å². The van der Waals surface area contributed by atoms with Gasteiger partial charge in [0.25, 0.3) is 0 Å². The largest absolute Gasteiger partial charge is 0.481 e. The number of aliphatic carboxylic acids is 2. The van der Waals surface area contributed by atoms with Crippen LogP contribution in [0.3, 0.4) is 0 Å². The first kappa shape index (κ1) is 19.8. The fourth-order valence-corrected chi connectivity index (χ4v) is 4.06. The van der Waals surface area contributed by atoms with Crippen LogP contribution in [-0.4, -0.2) is 27.9 Å². The number of carbonyl (C=O) groups is 3. The van der Waals surface area contributed by atoms with Gasteiger partial charge in [-0.25, -0.2) is 4.79 Å². The summed E-state index contributed by atoms with van der Waals surface area (Å²) in [4.78, 5) is 36.2. The standard InChI is InChI=1S/C23H24O5/c24-21(16-8-2-1-3-9-16)13-19(20(23(27)28)14-22(25)26)18-12-6-10-15-7-4-5-11-17(15)18/h4-7,10-12,16H,1-3,8-9,13-14H2,(H,25,26)(H,27,28). The summed E-state index contributed by atoms with van der Waals surface area (Å²) in [5.41, 5.74) is 0.733. The number of hydrogen-bond donors (Lipinski definition) is 2. The molecule has 0 bridgehead atoms. The van der Waals surface area contributed by atoms with Crippen LogP contribution in [0.2, 0.25) is 0 Å². The monoisotopic (exact) mass is 380 g/mol. The molecule has 146 valence electrons. The number of hydrogen-bond acceptors (Lipinski definition) is 3. The SMILES string of the molecule is O=C(O)CC(C(=O)O)=C(CC(=O)C1CCCCC1)c1cccc2ccccc12. The molecule has 2 N–H and O–H groups in total. The fourth-order valence-electron chi connectivity index (χ4n) is 4.06. The molecule has 1 aliphatic carbocycles. The van der Waals surface area contributed by atoms with E-state index in [1.807, 2.05) is 36.4 Å². The van der Waals surface area contributed by atoms with Gasteiger partial charge in [-0.2, -0.15) is 0 Å². The number of benzene rings is 2. The van der Waals surface area contributed by atoms with Crippen LogP contribution < -0.4 is 0 Å². The molecule has 3 rings (SSSR count). The molecule has 1 saturated carbocycles. The molecule has 2 aromatic carbocycles. The lowest BCUT2D eigenvalue weighted by Crippen LogP contribution is -2.19. The molecule has 0 radical (unpaired) electrons. The van der Waals surface area contributed by atoms with Gasteiger partial charge in [0.1, 0.15) is 5.78 Å². The van der Waals surface area contributed by atoms with Crippen molar-refractivity contribution in [2.75, 3.05) is 0 Å². The molecule has 1 aliphatic rings. The molecule has 1 fully saturated rings. The Labute approximate surface area is 163 Å². The first-order valence-corrected chi connectivity index (χ1v) is 9.65. The van der Waals surface area contributed by atoms with Gasteiger partial charge in [-0.3, -0.25) is 9.59 Å². The number of allylic oxidation sites excluding steroid dienone is 1. The van der Waals surface area contributed by atoms with Gasteiger partial charge in [-0.05, 0) is 34.8 Å². The molecule has 5 heteroatoms. The lowest BCUT2D eigenvalue weighted by molar-refractivity contribution is -0.139. The van der Waals surface area contributed by atoms with Crippen LogP contribution in [-0.2, 0) is 14.4 Å². The van der Waals surface area contributed by atoms with Crippen molar-refractivity contribution in [1.82, 2.24) is 0 Å². The minimum Gasteiger partial charge on any atom is -0.481 e. The lowest BCUT2D eigenvalue weighted by Gasteiger charge is -2.22. The predicted molar refractivity (Wildman–Crippen MR) is 107 cm³/mol. The van der Waals surface area contributed by atoms with Crippen LogP contribution in [0, 0.1) is 5.92 Å². The van der Waals surface area contributed by atoms with Gasteiger partial charge in [0, 0.05) is 12.3 Å². The van der Waals surface area contributed by atoms with Gasteiger partial charge in [-0.15, -0.1) is 0 Å². The Hall–Kier alpha value is -2.95. The molecule has 0 atom stereocenters. The quantitative estimate of drug-likeness (QED) is 0.680. The van der Waals surface area contributed by atoms with Crippen LogP contribution in [0.25, 0.3) is 16.3 Å². The third-order valence-corrected chi connectivity index (χ3v) is 5.48. The third kappa shape index (κ3) is 4.47. The molecule has 0 saturated heterocycles. The zero-order chi connectivity index (χ0) is 20.1. The van der Waals surface area contributed by atoms with E-state index >= 15 is 0 Å². The van der Waals surface area contributed by atoms with Gasteiger partial charge in [0.2, 0.25) is 0 Å². The molecule has 0 unspecified atom stereocenters. The van der Waals surface area contributed by atoms with Crippen molar-refractivity contribution in [3.05, 3.63) is 53.6 Å². The number of ketones is 1. The number of carboxylic acids is 2. The number of fused-ring (bicyclic) bond motifs is 1. The van der Waals surface area contributed by atoms with Crippen LogP contribution in [0.4, 0.5) is 0 Å². The molecule has 0 heterocycles. The Morgan fingerprint density at radius 1 is 0.857 bits per heavy atom. The van der Waals surface area contributed by atoms with E-state index in [0.29, 0.717) is 11.1 Å². The highest BCUT2D eigenvalue weighted by atomic mass is 16.4. The summed E-state index contributed by atoms with van der Waals surface area (Å²) in [5, 5.41) is 20.7. The molecular formula is C23H24O5. The molecular weight excluding hydrogens is 356 g/mol. The maximum Gasteiger partial charge on any atom is 0.332 e. The molecule has 0 aromatic heterocycles. The average molecular weight is 380 g/mol. The van der Waals surface area contributed by atoms with E-state index in [4.69, 9.17) is 0 Å². The summed E-state index contributed by atoms with van der Waals surface area (Å²) in [7, 11) is 0. The first-order valence-electron chi connectivity index (χ1n) is 9.65. The number of Topliss-reactive ketones (excluding diaryl/α,β-unsaturated/α-hetero) is 1. The van der Waals surface area contributed by atoms with Crippen molar-refractivity contribution in [2.24, 2.45) is 5.92 Å². The van der Waals surface area contributed by atoms with E-state index in [-0.39, 0.29) is 23.7 Å². The van der Waals surface area contributed by atoms with E-state index in [2.05, 4.69) is 0 Å². The Kier molecular flexibility index (Phi) is 6.24. The van der Waals surface area contributed by atoms with Crippen LogP contribution in [0.5, 0.6) is 0 Å². The Bertz CT molecular complexity index is 930. The Morgan fingerprint density at radius 3 is 2.21 bits per heavy atom. The topological polar surface area (TPSA) is 91.7 Å². The second-order valence-electron chi connectivity index (χ2n) is 7.34. The predicted octanol–water partition coefficient (Wildman–Crippen LogP) is 4.69. The van der Waals surface area contributed by atoms with Gasteiger partial charge in [-0.1, -0.05) is 61.7 Å². The molecule has 0 aliphatic heterocycles. The van der Waals surface area contributed by atoms with E-state index in [1.54, 1.807) is 6.07 Å². The molecule has 28 heavy (non-hydrogen) atoms. The average Bonchev–Trinajstić information content (AvgIpc) is 2.70. The molecule has 0 amide bonds. The highest BCUT2D eigenvalue weighted by Gasteiger charge is 2.26. The van der Waals surface area contributed by atoms with Crippen LogP contribution >= 0.6 is 0 Å². The molecule has 5 nitrogen and oxygen atoms in total.